The number of thiophene rings is 1. The topological polar surface area (TPSA) is 118 Å². The average molecular weight is 349 g/mol. The summed E-state index contributed by atoms with van der Waals surface area (Å²) in [5, 5.41) is 12.8. The highest BCUT2D eigenvalue weighted by molar-refractivity contribution is 7.21. The average Bonchev–Trinajstić information content (AvgIpc) is 2.95. The molecule has 0 saturated carbocycles. The van der Waals surface area contributed by atoms with Crippen LogP contribution in [0.4, 0.5) is 11.5 Å². The molecule has 1 aromatic carbocycles. The van der Waals surface area contributed by atoms with Gasteiger partial charge in [0.2, 0.25) is 0 Å². The van der Waals surface area contributed by atoms with E-state index in [9.17, 15) is 10.1 Å². The summed E-state index contributed by atoms with van der Waals surface area (Å²) in [6.45, 7) is 3.90. The van der Waals surface area contributed by atoms with Crippen molar-refractivity contribution >= 4 is 39.0 Å². The van der Waals surface area contributed by atoms with Crippen LogP contribution in [0.15, 0.2) is 43.0 Å². The Morgan fingerprint density at radius 2 is 2.08 bits per heavy atom. The number of hydrogen-bond donors (Lipinski definition) is 3. The number of nitrogens with zero attached hydrogens (tertiary/aromatic N) is 2. The number of nitriles is 1. The number of nitrogens with two attached hydrogens (primary N) is 2. The number of anilines is 2. The normalized spacial score (nSPS) is 10.4. The highest BCUT2D eigenvalue weighted by atomic mass is 32.1. The summed E-state index contributed by atoms with van der Waals surface area (Å²) in [7, 11) is 0. The van der Waals surface area contributed by atoms with E-state index in [-0.39, 0.29) is 17.3 Å². The lowest BCUT2D eigenvalue weighted by Crippen LogP contribution is -2.22. The minimum Gasteiger partial charge on any atom is -0.397 e. The van der Waals surface area contributed by atoms with Gasteiger partial charge in [-0.25, -0.2) is 4.98 Å². The fourth-order valence-corrected chi connectivity index (χ4v) is 3.62. The van der Waals surface area contributed by atoms with Crippen LogP contribution in [0.1, 0.15) is 15.2 Å². The van der Waals surface area contributed by atoms with Crippen molar-refractivity contribution in [3.63, 3.8) is 0 Å². The summed E-state index contributed by atoms with van der Waals surface area (Å²) >= 11 is 1.15. The van der Waals surface area contributed by atoms with E-state index in [0.29, 0.717) is 32.9 Å². The molecule has 3 aromatic rings. The van der Waals surface area contributed by atoms with E-state index in [1.807, 2.05) is 30.3 Å². The first-order valence-corrected chi connectivity index (χ1v) is 8.26. The van der Waals surface area contributed by atoms with Gasteiger partial charge in [0.1, 0.15) is 27.2 Å². The van der Waals surface area contributed by atoms with Gasteiger partial charge in [-0.3, -0.25) is 4.79 Å². The van der Waals surface area contributed by atoms with Gasteiger partial charge >= 0.3 is 0 Å². The maximum absolute atomic E-state index is 12.3. The molecule has 25 heavy (non-hydrogen) atoms. The number of nitrogen functional groups attached to an aromatic ring is 2. The number of benzene rings is 1. The molecule has 5 N–H and O–H groups in total. The van der Waals surface area contributed by atoms with Crippen molar-refractivity contribution in [3.05, 3.63) is 53.4 Å². The Hall–Kier alpha value is -3.37. The SMILES string of the molecule is C=CCNC(=O)c1sc2nc(N)c(C#N)c(-c3ccccc3)c2c1N. The number of nitrogens with one attached hydrogen (secondary N) is 1. The van der Waals surface area contributed by atoms with Crippen LogP contribution in [0, 0.1) is 11.3 Å². The lowest BCUT2D eigenvalue weighted by molar-refractivity contribution is 0.0963. The Morgan fingerprint density at radius 3 is 2.72 bits per heavy atom. The lowest BCUT2D eigenvalue weighted by Gasteiger charge is -2.09. The molecule has 0 spiro atoms. The highest BCUT2D eigenvalue weighted by Gasteiger charge is 2.23. The van der Waals surface area contributed by atoms with Gasteiger partial charge in [0.25, 0.3) is 5.91 Å². The van der Waals surface area contributed by atoms with E-state index in [1.54, 1.807) is 6.08 Å². The van der Waals surface area contributed by atoms with E-state index in [2.05, 4.69) is 22.9 Å². The molecule has 2 aromatic heterocycles. The van der Waals surface area contributed by atoms with Crippen molar-refractivity contribution in [2.45, 2.75) is 0 Å². The first-order valence-electron chi connectivity index (χ1n) is 7.44. The molecular weight excluding hydrogens is 334 g/mol. The largest absolute Gasteiger partial charge is 0.397 e. The molecule has 0 fully saturated rings. The molecule has 0 aliphatic heterocycles. The van der Waals surface area contributed by atoms with Crippen LogP contribution < -0.4 is 16.8 Å². The van der Waals surface area contributed by atoms with E-state index >= 15 is 0 Å². The lowest BCUT2D eigenvalue weighted by atomic mass is 9.97. The fourth-order valence-electron chi connectivity index (χ4n) is 2.59. The maximum Gasteiger partial charge on any atom is 0.263 e. The van der Waals surface area contributed by atoms with Crippen LogP contribution in [0.3, 0.4) is 0 Å². The summed E-state index contributed by atoms with van der Waals surface area (Å²) in [6, 6.07) is 11.4. The van der Waals surface area contributed by atoms with Crippen molar-refractivity contribution in [2.24, 2.45) is 0 Å². The van der Waals surface area contributed by atoms with Gasteiger partial charge in [0.15, 0.2) is 0 Å². The zero-order valence-corrected chi connectivity index (χ0v) is 14.1. The second-order valence-corrected chi connectivity index (χ2v) is 6.25. The number of fused-ring (bicyclic) bond motifs is 1. The summed E-state index contributed by atoms with van der Waals surface area (Å²) in [6.07, 6.45) is 1.58. The minimum atomic E-state index is -0.309. The Bertz CT molecular complexity index is 1020. The van der Waals surface area contributed by atoms with Crippen molar-refractivity contribution in [1.82, 2.24) is 10.3 Å². The molecule has 0 aliphatic carbocycles. The van der Waals surface area contributed by atoms with Gasteiger partial charge in [-0.15, -0.1) is 17.9 Å². The van der Waals surface area contributed by atoms with Crippen LogP contribution >= 0.6 is 11.3 Å². The Labute approximate surface area is 148 Å². The smallest absolute Gasteiger partial charge is 0.263 e. The van der Waals surface area contributed by atoms with Gasteiger partial charge in [0, 0.05) is 17.5 Å². The predicted octanol–water partition coefficient (Wildman–Crippen LogP) is 2.92. The molecule has 0 unspecified atom stereocenters. The summed E-state index contributed by atoms with van der Waals surface area (Å²) < 4.78 is 0. The van der Waals surface area contributed by atoms with Gasteiger partial charge < -0.3 is 16.8 Å². The second-order valence-electron chi connectivity index (χ2n) is 5.25. The Morgan fingerprint density at radius 1 is 1.36 bits per heavy atom. The molecule has 0 aliphatic rings. The molecule has 2 heterocycles. The number of carbonyl (C=O) groups is 1. The standard InChI is InChI=1S/C18H15N5OS/c1-2-8-22-17(24)15-14(20)13-12(10-6-4-3-5-7-10)11(9-19)16(21)23-18(13)25-15/h2-7H,1,8,20H2,(H2,21,23)(H,22,24). The predicted molar refractivity (Wildman–Crippen MR) is 101 cm³/mol. The van der Waals surface area contributed by atoms with Crippen molar-refractivity contribution in [2.75, 3.05) is 18.0 Å². The summed E-state index contributed by atoms with van der Waals surface area (Å²) in [5.74, 6) is -0.190. The third-order valence-corrected chi connectivity index (χ3v) is 4.79. The zero-order chi connectivity index (χ0) is 18.0. The summed E-state index contributed by atoms with van der Waals surface area (Å²) in [4.78, 5) is 17.5. The molecule has 7 heteroatoms. The molecule has 0 saturated heterocycles. The van der Waals surface area contributed by atoms with Crippen molar-refractivity contribution < 1.29 is 4.79 Å². The molecule has 6 nitrogen and oxygen atoms in total. The third kappa shape index (κ3) is 2.79. The number of aromatic nitrogens is 1. The quantitative estimate of drug-likeness (QED) is 0.626. The van der Waals surface area contributed by atoms with Crippen LogP contribution in [-0.2, 0) is 0 Å². The van der Waals surface area contributed by atoms with E-state index in [1.165, 1.54) is 0 Å². The van der Waals surface area contributed by atoms with Gasteiger partial charge in [-0.05, 0) is 5.56 Å². The van der Waals surface area contributed by atoms with Crippen molar-refractivity contribution in [3.8, 4) is 17.2 Å². The zero-order valence-electron chi connectivity index (χ0n) is 13.2. The van der Waals surface area contributed by atoms with E-state index in [4.69, 9.17) is 11.5 Å². The Balaban J connectivity index is 2.33. The highest BCUT2D eigenvalue weighted by Crippen LogP contribution is 2.42. The van der Waals surface area contributed by atoms with Gasteiger partial charge in [-0.2, -0.15) is 5.26 Å². The maximum atomic E-state index is 12.3. The van der Waals surface area contributed by atoms with Crippen LogP contribution in [-0.4, -0.2) is 17.4 Å². The first-order chi connectivity index (χ1) is 12.1. The Kier molecular flexibility index (Phi) is 4.37. The van der Waals surface area contributed by atoms with Crippen LogP contribution in [0.5, 0.6) is 0 Å². The molecule has 124 valence electrons. The number of rotatable bonds is 4. The van der Waals surface area contributed by atoms with E-state index < -0.39 is 0 Å². The number of pyridine rings is 1. The molecule has 3 rings (SSSR count). The molecule has 0 radical (unpaired) electrons. The molecule has 0 bridgehead atoms. The molecular formula is C18H15N5OS. The molecule has 1 amide bonds. The van der Waals surface area contributed by atoms with Gasteiger partial charge in [0.05, 0.1) is 5.69 Å². The van der Waals surface area contributed by atoms with Crippen LogP contribution in [0.2, 0.25) is 0 Å². The molecule has 0 atom stereocenters. The summed E-state index contributed by atoms with van der Waals surface area (Å²) in [5.41, 5.74) is 14.2. The van der Waals surface area contributed by atoms with Crippen molar-refractivity contribution in [1.29, 1.82) is 5.26 Å². The van der Waals surface area contributed by atoms with Crippen LogP contribution in [0.25, 0.3) is 21.3 Å². The first kappa shape index (κ1) is 16.5. The fraction of sp³-hybridized carbons (Fsp3) is 0.0556. The monoisotopic (exact) mass is 349 g/mol. The van der Waals surface area contributed by atoms with E-state index in [0.717, 1.165) is 16.9 Å². The number of carbonyl (C=O) groups excluding carboxylic acids is 1. The second kappa shape index (κ2) is 6.63. The number of hydrogen-bond acceptors (Lipinski definition) is 6. The number of amides is 1. The minimum absolute atomic E-state index is 0.119. The third-order valence-electron chi connectivity index (χ3n) is 3.69. The van der Waals surface area contributed by atoms with Gasteiger partial charge in [-0.1, -0.05) is 36.4 Å².